The average Bonchev–Trinajstić information content (AvgIpc) is 2.63. The maximum atomic E-state index is 11.7. The molecular formula is C18H16N2O6. The number of nitrogens with one attached hydrogen (secondary N) is 1. The molecule has 0 saturated carbocycles. The number of methoxy groups -OCH3 is 1. The molecule has 0 spiro atoms. The highest BCUT2D eigenvalue weighted by atomic mass is 16.5. The number of carbonyl (C=O) groups excluding carboxylic acids is 1. The first-order valence-electron chi connectivity index (χ1n) is 7.44. The molecule has 1 heterocycles. The molecule has 0 aliphatic rings. The summed E-state index contributed by atoms with van der Waals surface area (Å²) in [5, 5.41) is 20.5. The van der Waals surface area contributed by atoms with Crippen LogP contribution >= 0.6 is 0 Å². The number of aromatic nitrogens is 1. The molecule has 1 aromatic carbocycles. The van der Waals surface area contributed by atoms with Gasteiger partial charge in [0.1, 0.15) is 30.4 Å². The smallest absolute Gasteiger partial charge is 0.322 e. The zero-order valence-corrected chi connectivity index (χ0v) is 13.9. The van der Waals surface area contributed by atoms with Crippen molar-refractivity contribution in [2.45, 2.75) is 0 Å². The van der Waals surface area contributed by atoms with E-state index in [2.05, 4.69) is 22.1 Å². The first-order chi connectivity index (χ1) is 12.5. The van der Waals surface area contributed by atoms with Gasteiger partial charge in [-0.3, -0.25) is 9.59 Å². The Bertz CT molecular complexity index is 869. The van der Waals surface area contributed by atoms with Crippen LogP contribution in [0.5, 0.6) is 17.2 Å². The molecule has 1 amide bonds. The summed E-state index contributed by atoms with van der Waals surface area (Å²) >= 11 is 0. The lowest BCUT2D eigenvalue weighted by Gasteiger charge is -2.04. The van der Waals surface area contributed by atoms with Crippen LogP contribution in [0.15, 0.2) is 36.5 Å². The molecule has 0 aliphatic heterocycles. The number of nitrogens with zero attached hydrogens (tertiary/aromatic N) is 1. The number of hydrogen-bond acceptors (Lipinski definition) is 6. The molecule has 0 unspecified atom stereocenters. The molecule has 3 N–H and O–H groups in total. The molecule has 0 aliphatic carbocycles. The topological polar surface area (TPSA) is 118 Å². The largest absolute Gasteiger partial charge is 0.505 e. The third kappa shape index (κ3) is 5.42. The van der Waals surface area contributed by atoms with Crippen LogP contribution in [-0.2, 0) is 4.79 Å². The second kappa shape index (κ2) is 8.94. The summed E-state index contributed by atoms with van der Waals surface area (Å²) in [7, 11) is 1.56. The molecule has 0 saturated heterocycles. The maximum absolute atomic E-state index is 11.7. The van der Waals surface area contributed by atoms with Crippen LogP contribution in [0.3, 0.4) is 0 Å². The highest BCUT2D eigenvalue weighted by Crippen LogP contribution is 2.18. The second-order valence-corrected chi connectivity index (χ2v) is 4.94. The van der Waals surface area contributed by atoms with Crippen molar-refractivity contribution in [1.82, 2.24) is 10.3 Å². The first kappa shape index (κ1) is 18.6. The normalized spacial score (nSPS) is 9.58. The van der Waals surface area contributed by atoms with Crippen molar-refractivity contribution in [2.75, 3.05) is 20.3 Å². The fourth-order valence-electron chi connectivity index (χ4n) is 1.88. The number of aromatic hydroxyl groups is 1. The molecule has 134 valence electrons. The molecule has 0 radical (unpaired) electrons. The molecular weight excluding hydrogens is 340 g/mol. The number of amides is 1. The van der Waals surface area contributed by atoms with Crippen molar-refractivity contribution in [2.24, 2.45) is 0 Å². The second-order valence-electron chi connectivity index (χ2n) is 4.94. The van der Waals surface area contributed by atoms with Crippen molar-refractivity contribution in [1.29, 1.82) is 0 Å². The lowest BCUT2D eigenvalue weighted by atomic mass is 10.2. The van der Waals surface area contributed by atoms with Gasteiger partial charge in [0.2, 0.25) is 0 Å². The van der Waals surface area contributed by atoms with Gasteiger partial charge in [-0.05, 0) is 18.2 Å². The number of hydrogen-bond donors (Lipinski definition) is 3. The van der Waals surface area contributed by atoms with Crippen molar-refractivity contribution < 1.29 is 29.3 Å². The predicted molar refractivity (Wildman–Crippen MR) is 91.2 cm³/mol. The van der Waals surface area contributed by atoms with E-state index in [9.17, 15) is 14.7 Å². The van der Waals surface area contributed by atoms with Gasteiger partial charge < -0.3 is 25.0 Å². The SMILES string of the molecule is COc1cccc(OCC#Cc2cnc(C(=O)NCC(=O)O)c(O)c2)c1. The zero-order chi connectivity index (χ0) is 18.9. The van der Waals surface area contributed by atoms with Gasteiger partial charge in [0, 0.05) is 17.8 Å². The number of carboxylic acid groups (broad SMARTS) is 1. The molecule has 2 rings (SSSR count). The summed E-state index contributed by atoms with van der Waals surface area (Å²) in [4.78, 5) is 25.9. The van der Waals surface area contributed by atoms with E-state index >= 15 is 0 Å². The number of ether oxygens (including phenoxy) is 2. The van der Waals surface area contributed by atoms with Crippen molar-refractivity contribution in [3.05, 3.63) is 47.8 Å². The van der Waals surface area contributed by atoms with Crippen LogP contribution in [0.2, 0.25) is 0 Å². The molecule has 1 aromatic heterocycles. The van der Waals surface area contributed by atoms with Crippen molar-refractivity contribution in [3.8, 4) is 29.1 Å². The van der Waals surface area contributed by atoms with Gasteiger partial charge in [0.05, 0.1) is 7.11 Å². The summed E-state index contributed by atoms with van der Waals surface area (Å²) in [6.07, 6.45) is 1.30. The van der Waals surface area contributed by atoms with E-state index in [4.69, 9.17) is 14.6 Å². The van der Waals surface area contributed by atoms with Crippen LogP contribution in [0.4, 0.5) is 0 Å². The number of benzene rings is 1. The summed E-state index contributed by atoms with van der Waals surface area (Å²) in [6.45, 7) is -0.460. The summed E-state index contributed by atoms with van der Waals surface area (Å²) in [5.41, 5.74) is 0.107. The molecule has 0 fully saturated rings. The molecule has 8 heteroatoms. The molecule has 26 heavy (non-hydrogen) atoms. The summed E-state index contributed by atoms with van der Waals surface area (Å²) in [6, 6.07) is 8.34. The van der Waals surface area contributed by atoms with Crippen molar-refractivity contribution >= 4 is 11.9 Å². The zero-order valence-electron chi connectivity index (χ0n) is 13.9. The van der Waals surface area contributed by atoms with Crippen LogP contribution in [-0.4, -0.2) is 47.3 Å². The minimum absolute atomic E-state index is 0.106. The molecule has 0 atom stereocenters. The minimum atomic E-state index is -1.20. The minimum Gasteiger partial charge on any atom is -0.505 e. The monoisotopic (exact) mass is 356 g/mol. The molecule has 2 aromatic rings. The Labute approximate surface area is 149 Å². The number of carbonyl (C=O) groups is 2. The van der Waals surface area contributed by atoms with E-state index < -0.39 is 24.2 Å². The van der Waals surface area contributed by atoms with Crippen LogP contribution < -0.4 is 14.8 Å². The van der Waals surface area contributed by atoms with Crippen LogP contribution in [0, 0.1) is 11.8 Å². The van der Waals surface area contributed by atoms with Gasteiger partial charge in [-0.1, -0.05) is 17.9 Å². The van der Waals surface area contributed by atoms with E-state index in [0.29, 0.717) is 17.1 Å². The number of rotatable bonds is 6. The lowest BCUT2D eigenvalue weighted by molar-refractivity contribution is -0.135. The first-order valence-corrected chi connectivity index (χ1v) is 7.44. The van der Waals surface area contributed by atoms with E-state index in [-0.39, 0.29) is 12.3 Å². The standard InChI is InChI=1S/C18H16N2O6/c1-25-13-5-2-6-14(9-13)26-7-3-4-12-8-15(21)17(19-10-12)18(24)20-11-16(22)23/h2,5-6,8-10,21H,7,11H2,1H3,(H,20,24)(H,22,23). The predicted octanol–water partition coefficient (Wildman–Crippen LogP) is 1.04. The van der Waals surface area contributed by atoms with E-state index in [1.54, 1.807) is 31.4 Å². The maximum Gasteiger partial charge on any atom is 0.322 e. The van der Waals surface area contributed by atoms with Gasteiger partial charge in [-0.2, -0.15) is 0 Å². The van der Waals surface area contributed by atoms with Crippen molar-refractivity contribution in [3.63, 3.8) is 0 Å². The lowest BCUT2D eigenvalue weighted by Crippen LogP contribution is -2.29. The third-order valence-corrected chi connectivity index (χ3v) is 3.07. The Morgan fingerprint density at radius 3 is 2.73 bits per heavy atom. The van der Waals surface area contributed by atoms with Gasteiger partial charge in [0.25, 0.3) is 5.91 Å². The van der Waals surface area contributed by atoms with Gasteiger partial charge in [0.15, 0.2) is 5.69 Å². The quantitative estimate of drug-likeness (QED) is 0.662. The van der Waals surface area contributed by atoms with E-state index in [1.165, 1.54) is 12.3 Å². The fraction of sp³-hybridized carbons (Fsp3) is 0.167. The fourth-order valence-corrected chi connectivity index (χ4v) is 1.88. The van der Waals surface area contributed by atoms with Gasteiger partial charge in [-0.25, -0.2) is 4.98 Å². The van der Waals surface area contributed by atoms with Crippen LogP contribution in [0.1, 0.15) is 16.1 Å². The Kier molecular flexibility index (Phi) is 6.40. The Morgan fingerprint density at radius 1 is 1.27 bits per heavy atom. The summed E-state index contributed by atoms with van der Waals surface area (Å²) < 4.78 is 10.5. The number of carboxylic acids is 1. The molecule has 0 bridgehead atoms. The highest BCUT2D eigenvalue weighted by molar-refractivity contribution is 5.96. The van der Waals surface area contributed by atoms with E-state index in [1.807, 2.05) is 0 Å². The summed E-state index contributed by atoms with van der Waals surface area (Å²) in [5.74, 6) is 4.40. The van der Waals surface area contributed by atoms with Crippen LogP contribution in [0.25, 0.3) is 0 Å². The highest BCUT2D eigenvalue weighted by Gasteiger charge is 2.13. The Hall–Kier alpha value is -3.73. The average molecular weight is 356 g/mol. The van der Waals surface area contributed by atoms with Gasteiger partial charge in [-0.15, -0.1) is 0 Å². The van der Waals surface area contributed by atoms with Gasteiger partial charge >= 0.3 is 5.97 Å². The Balaban J connectivity index is 1.96. The third-order valence-electron chi connectivity index (χ3n) is 3.07. The molecule has 8 nitrogen and oxygen atoms in total. The number of pyridine rings is 1. The Morgan fingerprint density at radius 2 is 2.04 bits per heavy atom. The number of aliphatic carboxylic acids is 1. The van der Waals surface area contributed by atoms with E-state index in [0.717, 1.165) is 0 Å².